The average molecular weight is 551 g/mol. The number of rotatable bonds is 8. The second-order valence-electron chi connectivity index (χ2n) is 10.7. The van der Waals surface area contributed by atoms with Crippen LogP contribution in [-0.2, 0) is 16.0 Å². The number of ether oxygens (including phenoxy) is 2. The van der Waals surface area contributed by atoms with Crippen molar-refractivity contribution in [3.05, 3.63) is 59.0 Å². The molecule has 0 saturated heterocycles. The van der Waals surface area contributed by atoms with E-state index in [1.165, 1.54) is 21.9 Å². The molecule has 1 saturated carbocycles. The lowest BCUT2D eigenvalue weighted by atomic mass is 10.2. The van der Waals surface area contributed by atoms with Crippen LogP contribution in [0.5, 0.6) is 0 Å². The number of carbonyl (C=O) groups excluding carboxylic acids is 1. The number of amides is 1. The molecule has 0 spiro atoms. The Morgan fingerprint density at radius 1 is 1.30 bits per heavy atom. The Morgan fingerprint density at radius 3 is 2.83 bits per heavy atom. The van der Waals surface area contributed by atoms with Crippen LogP contribution in [-0.4, -0.2) is 62.1 Å². The summed E-state index contributed by atoms with van der Waals surface area (Å²) in [6, 6.07) is 5.44. The lowest BCUT2D eigenvalue weighted by Crippen LogP contribution is -2.35. The fourth-order valence-corrected chi connectivity index (χ4v) is 4.65. The van der Waals surface area contributed by atoms with Crippen LogP contribution in [0.3, 0.4) is 0 Å². The molecule has 0 radical (unpaired) electrons. The molecule has 5 rings (SSSR count). The molecule has 2 atom stereocenters. The molecular weight excluding hydrogens is 516 g/mol. The quantitative estimate of drug-likeness (QED) is 0.334. The molecule has 4 heterocycles. The molecule has 13 heteroatoms. The number of hydrogen-bond acceptors (Lipinski definition) is 10. The number of pyridine rings is 1. The van der Waals surface area contributed by atoms with E-state index in [1.54, 1.807) is 70.0 Å². The van der Waals surface area contributed by atoms with Gasteiger partial charge in [0, 0.05) is 44.6 Å². The predicted octanol–water partition coefficient (Wildman–Crippen LogP) is 3.64. The van der Waals surface area contributed by atoms with Gasteiger partial charge in [0.1, 0.15) is 29.2 Å². The van der Waals surface area contributed by atoms with Gasteiger partial charge in [-0.05, 0) is 52.2 Å². The molecule has 13 nitrogen and oxygen atoms in total. The maximum Gasteiger partial charge on any atom is 0.415 e. The van der Waals surface area contributed by atoms with Crippen molar-refractivity contribution in [2.24, 2.45) is 0 Å². The second-order valence-corrected chi connectivity index (χ2v) is 10.7. The van der Waals surface area contributed by atoms with Crippen molar-refractivity contribution in [3.63, 3.8) is 0 Å². The molecule has 1 fully saturated rings. The van der Waals surface area contributed by atoms with Crippen LogP contribution < -0.4 is 21.1 Å². The van der Waals surface area contributed by atoms with Crippen molar-refractivity contribution in [1.29, 1.82) is 0 Å². The molecular formula is C27H34N8O5. The van der Waals surface area contributed by atoms with Crippen molar-refractivity contribution in [1.82, 2.24) is 29.5 Å². The zero-order valence-corrected chi connectivity index (χ0v) is 23.2. The topological polar surface area (TPSA) is 141 Å². The maximum atomic E-state index is 13.2. The largest absolute Gasteiger partial charge is 0.443 e. The number of fused-ring (bicyclic) bond motifs is 1. The fraction of sp³-hybridized carbons (Fsp3) is 0.444. The van der Waals surface area contributed by atoms with E-state index in [1.807, 2.05) is 0 Å². The molecule has 40 heavy (non-hydrogen) atoms. The van der Waals surface area contributed by atoms with E-state index < -0.39 is 11.7 Å². The Labute approximate surface area is 231 Å². The molecule has 0 aromatic carbocycles. The van der Waals surface area contributed by atoms with Crippen molar-refractivity contribution in [2.45, 2.75) is 64.3 Å². The first kappa shape index (κ1) is 27.3. The highest BCUT2D eigenvalue weighted by Crippen LogP contribution is 2.26. The molecule has 2 N–H and O–H groups in total. The number of methoxy groups -OCH3 is 1. The zero-order valence-electron chi connectivity index (χ0n) is 23.2. The second kappa shape index (κ2) is 11.1. The smallest absolute Gasteiger partial charge is 0.415 e. The molecule has 4 aromatic heterocycles. The van der Waals surface area contributed by atoms with Gasteiger partial charge in [0.2, 0.25) is 0 Å². The number of aromatic nitrogens is 5. The molecule has 0 unspecified atom stereocenters. The molecule has 1 aliphatic carbocycles. The molecule has 1 amide bonds. The standard InChI is InChI=1S/C27H34N8O5/c1-27(2,3)40-26(37)33(4)22-14-21(31-20-7-6-11-34(24(20)36)25-28-10-12-39-25)32-23-17(16-30-35(22)23)15-29-18-8-9-19(13-18)38-5/h6-7,10-12,14,16,18-19,29H,8-9,13,15H2,1-5H3,(H,31,32)/t18-,19-/m1/s1. The summed E-state index contributed by atoms with van der Waals surface area (Å²) in [7, 11) is 3.35. The number of hydrogen-bond donors (Lipinski definition) is 2. The Bertz CT molecular complexity index is 1540. The van der Waals surface area contributed by atoms with Gasteiger partial charge in [-0.2, -0.15) is 9.61 Å². The Morgan fingerprint density at radius 2 is 2.12 bits per heavy atom. The van der Waals surface area contributed by atoms with Crippen molar-refractivity contribution >= 4 is 29.1 Å². The van der Waals surface area contributed by atoms with Crippen LogP contribution in [0.2, 0.25) is 0 Å². The summed E-state index contributed by atoms with van der Waals surface area (Å²) in [5, 5.41) is 11.2. The molecule has 0 bridgehead atoms. The third-order valence-corrected chi connectivity index (χ3v) is 6.67. The first-order valence-corrected chi connectivity index (χ1v) is 13.1. The van der Waals surface area contributed by atoms with Gasteiger partial charge in [0.25, 0.3) is 5.56 Å². The van der Waals surface area contributed by atoms with Gasteiger partial charge in [0.15, 0.2) is 5.65 Å². The van der Waals surface area contributed by atoms with E-state index in [9.17, 15) is 9.59 Å². The molecule has 0 aliphatic heterocycles. The van der Waals surface area contributed by atoms with Gasteiger partial charge in [-0.1, -0.05) is 0 Å². The minimum atomic E-state index is -0.686. The number of oxazole rings is 1. The summed E-state index contributed by atoms with van der Waals surface area (Å²) in [6.45, 7) is 5.93. The van der Waals surface area contributed by atoms with Gasteiger partial charge >= 0.3 is 12.1 Å². The summed E-state index contributed by atoms with van der Waals surface area (Å²) >= 11 is 0. The zero-order chi connectivity index (χ0) is 28.4. The Balaban J connectivity index is 1.50. The summed E-state index contributed by atoms with van der Waals surface area (Å²) in [6.07, 6.45) is 8.84. The third-order valence-electron chi connectivity index (χ3n) is 6.67. The minimum Gasteiger partial charge on any atom is -0.443 e. The summed E-state index contributed by atoms with van der Waals surface area (Å²) in [5.41, 5.74) is 0.563. The van der Waals surface area contributed by atoms with Crippen LogP contribution in [0.1, 0.15) is 45.6 Å². The highest BCUT2D eigenvalue weighted by Gasteiger charge is 2.26. The summed E-state index contributed by atoms with van der Waals surface area (Å²) in [5.74, 6) is 0.763. The monoisotopic (exact) mass is 550 g/mol. The fourth-order valence-electron chi connectivity index (χ4n) is 4.65. The SMILES string of the molecule is CO[C@@H]1CC[C@@H](NCc2cnn3c(N(C)C(=O)OC(C)(C)C)cc(Nc4cccn(-c5ncco5)c4=O)nc23)C1. The third kappa shape index (κ3) is 5.84. The average Bonchev–Trinajstić information content (AvgIpc) is 3.68. The lowest BCUT2D eigenvalue weighted by Gasteiger charge is -2.25. The van der Waals surface area contributed by atoms with Gasteiger partial charge in [0.05, 0.1) is 18.5 Å². The Kier molecular flexibility index (Phi) is 7.59. The highest BCUT2D eigenvalue weighted by atomic mass is 16.6. The van der Waals surface area contributed by atoms with E-state index in [-0.39, 0.29) is 23.4 Å². The first-order chi connectivity index (χ1) is 19.1. The van der Waals surface area contributed by atoms with E-state index in [0.29, 0.717) is 29.9 Å². The maximum absolute atomic E-state index is 13.2. The number of nitrogens with zero attached hydrogens (tertiary/aromatic N) is 6. The highest BCUT2D eigenvalue weighted by molar-refractivity contribution is 5.87. The lowest BCUT2D eigenvalue weighted by molar-refractivity contribution is 0.0587. The van der Waals surface area contributed by atoms with Crippen molar-refractivity contribution < 1.29 is 18.7 Å². The number of anilines is 3. The van der Waals surface area contributed by atoms with Crippen LogP contribution in [0.4, 0.5) is 22.1 Å². The predicted molar refractivity (Wildman–Crippen MR) is 148 cm³/mol. The van der Waals surface area contributed by atoms with Crippen LogP contribution in [0, 0.1) is 0 Å². The van der Waals surface area contributed by atoms with Gasteiger partial charge < -0.3 is 24.5 Å². The molecule has 212 valence electrons. The minimum absolute atomic E-state index is 0.147. The first-order valence-electron chi connectivity index (χ1n) is 13.1. The van der Waals surface area contributed by atoms with Gasteiger partial charge in [-0.25, -0.2) is 19.3 Å². The van der Waals surface area contributed by atoms with Crippen LogP contribution in [0.25, 0.3) is 11.7 Å². The van der Waals surface area contributed by atoms with Crippen molar-refractivity contribution in [3.8, 4) is 6.01 Å². The van der Waals surface area contributed by atoms with Gasteiger partial charge in [-0.15, -0.1) is 0 Å². The number of nitrogens with one attached hydrogen (secondary N) is 2. The van der Waals surface area contributed by atoms with E-state index in [2.05, 4.69) is 20.7 Å². The van der Waals surface area contributed by atoms with Crippen molar-refractivity contribution in [2.75, 3.05) is 24.4 Å². The van der Waals surface area contributed by atoms with E-state index in [4.69, 9.17) is 18.9 Å². The summed E-state index contributed by atoms with van der Waals surface area (Å²) in [4.78, 5) is 36.4. The Hall–Kier alpha value is -4.23. The van der Waals surface area contributed by atoms with E-state index in [0.717, 1.165) is 24.8 Å². The molecule has 4 aromatic rings. The van der Waals surface area contributed by atoms with Gasteiger partial charge in [-0.3, -0.25) is 9.69 Å². The summed E-state index contributed by atoms with van der Waals surface area (Å²) < 4.78 is 19.3. The number of carbonyl (C=O) groups is 1. The van der Waals surface area contributed by atoms with Crippen LogP contribution >= 0.6 is 0 Å². The molecule has 1 aliphatic rings. The normalized spacial score (nSPS) is 17.3. The van der Waals surface area contributed by atoms with Crippen LogP contribution in [0.15, 0.2) is 52.3 Å². The van der Waals surface area contributed by atoms with E-state index >= 15 is 0 Å².